The van der Waals surface area contributed by atoms with Crippen LogP contribution in [0, 0.1) is 23.0 Å². The normalized spacial score (nSPS) is 9.89. The molecule has 0 saturated carbocycles. The average molecular weight is 267 g/mol. The molecule has 2 rings (SSSR count). The molecule has 0 fully saturated rings. The fourth-order valence-corrected chi connectivity index (χ4v) is 1.53. The average Bonchev–Trinajstić information content (AvgIpc) is 2.34. The highest BCUT2D eigenvalue weighted by molar-refractivity contribution is 6.33. The van der Waals surface area contributed by atoms with Gasteiger partial charge in [-0.15, -0.1) is 0 Å². The molecule has 1 aromatic heterocycles. The standard InChI is InChI=1S/C11H5ClF2N4/c12-7-3-6(13)4-8(14)10(7)18-11-9(5-15)16-1-2-17-11/h1-4H,(H,17,18). The third kappa shape index (κ3) is 2.36. The smallest absolute Gasteiger partial charge is 0.183 e. The second-order valence-electron chi connectivity index (χ2n) is 3.23. The van der Waals surface area contributed by atoms with Crippen molar-refractivity contribution in [2.75, 3.05) is 5.32 Å². The van der Waals surface area contributed by atoms with E-state index < -0.39 is 11.6 Å². The molecule has 0 radical (unpaired) electrons. The van der Waals surface area contributed by atoms with Crippen molar-refractivity contribution in [1.82, 2.24) is 9.97 Å². The van der Waals surface area contributed by atoms with Crippen LogP contribution in [0.15, 0.2) is 24.5 Å². The lowest BCUT2D eigenvalue weighted by molar-refractivity contribution is 0.586. The van der Waals surface area contributed by atoms with E-state index in [2.05, 4.69) is 15.3 Å². The Hall–Kier alpha value is -2.26. The van der Waals surface area contributed by atoms with Gasteiger partial charge >= 0.3 is 0 Å². The highest BCUT2D eigenvalue weighted by Gasteiger charge is 2.13. The van der Waals surface area contributed by atoms with Crippen LogP contribution >= 0.6 is 11.6 Å². The van der Waals surface area contributed by atoms with Crippen LogP contribution in [0.4, 0.5) is 20.3 Å². The summed E-state index contributed by atoms with van der Waals surface area (Å²) < 4.78 is 26.4. The molecule has 1 N–H and O–H groups in total. The molecule has 0 bridgehead atoms. The van der Waals surface area contributed by atoms with Gasteiger partial charge in [0.15, 0.2) is 17.3 Å². The lowest BCUT2D eigenvalue weighted by Gasteiger charge is -2.09. The molecule has 2 aromatic rings. The van der Waals surface area contributed by atoms with Gasteiger partial charge in [0.2, 0.25) is 0 Å². The quantitative estimate of drug-likeness (QED) is 0.907. The summed E-state index contributed by atoms with van der Waals surface area (Å²) in [6, 6.07) is 3.42. The first-order valence-corrected chi connectivity index (χ1v) is 5.12. The van der Waals surface area contributed by atoms with Crippen molar-refractivity contribution in [3.63, 3.8) is 0 Å². The van der Waals surface area contributed by atoms with Gasteiger partial charge in [-0.25, -0.2) is 18.7 Å². The van der Waals surface area contributed by atoms with E-state index in [0.717, 1.165) is 6.07 Å². The molecule has 1 heterocycles. The number of benzene rings is 1. The monoisotopic (exact) mass is 266 g/mol. The second-order valence-corrected chi connectivity index (χ2v) is 3.64. The zero-order valence-electron chi connectivity index (χ0n) is 8.78. The van der Waals surface area contributed by atoms with E-state index in [1.807, 2.05) is 0 Å². The molecule has 90 valence electrons. The number of anilines is 2. The summed E-state index contributed by atoms with van der Waals surface area (Å²) in [4.78, 5) is 7.58. The molecule has 18 heavy (non-hydrogen) atoms. The number of rotatable bonds is 2. The third-order valence-electron chi connectivity index (χ3n) is 2.05. The van der Waals surface area contributed by atoms with Crippen LogP contribution in [0.1, 0.15) is 5.69 Å². The van der Waals surface area contributed by atoms with Gasteiger partial charge in [-0.1, -0.05) is 11.6 Å². The number of halogens is 3. The van der Waals surface area contributed by atoms with Crippen LogP contribution in [0.25, 0.3) is 0 Å². The van der Waals surface area contributed by atoms with Crippen molar-refractivity contribution in [3.8, 4) is 6.07 Å². The summed E-state index contributed by atoms with van der Waals surface area (Å²) in [6.45, 7) is 0. The van der Waals surface area contributed by atoms with E-state index in [4.69, 9.17) is 16.9 Å². The Morgan fingerprint density at radius 3 is 2.61 bits per heavy atom. The molecule has 0 unspecified atom stereocenters. The first kappa shape index (κ1) is 12.2. The first-order chi connectivity index (χ1) is 8.61. The number of nitrogens with zero attached hydrogens (tertiary/aromatic N) is 3. The van der Waals surface area contributed by atoms with Gasteiger partial charge in [0.25, 0.3) is 0 Å². The molecule has 0 atom stereocenters. The van der Waals surface area contributed by atoms with Gasteiger partial charge in [0, 0.05) is 18.5 Å². The molecular formula is C11H5ClF2N4. The molecule has 0 aliphatic heterocycles. The first-order valence-electron chi connectivity index (χ1n) is 4.74. The molecule has 0 amide bonds. The van der Waals surface area contributed by atoms with E-state index in [9.17, 15) is 8.78 Å². The molecule has 0 aliphatic rings. The minimum absolute atomic E-state index is 0.0164. The molecule has 0 saturated heterocycles. The molecule has 4 nitrogen and oxygen atoms in total. The highest BCUT2D eigenvalue weighted by atomic mass is 35.5. The third-order valence-corrected chi connectivity index (χ3v) is 2.35. The SMILES string of the molecule is N#Cc1nccnc1Nc1c(F)cc(F)cc1Cl. The van der Waals surface area contributed by atoms with Gasteiger partial charge < -0.3 is 5.32 Å². The van der Waals surface area contributed by atoms with Crippen LogP contribution in [0.2, 0.25) is 5.02 Å². The van der Waals surface area contributed by atoms with Crippen molar-refractivity contribution >= 4 is 23.1 Å². The zero-order chi connectivity index (χ0) is 13.1. The zero-order valence-corrected chi connectivity index (χ0v) is 9.54. The molecule has 1 aromatic carbocycles. The lowest BCUT2D eigenvalue weighted by atomic mass is 10.3. The highest BCUT2D eigenvalue weighted by Crippen LogP contribution is 2.29. The Kier molecular flexibility index (Phi) is 3.35. The van der Waals surface area contributed by atoms with Crippen LogP contribution in [-0.4, -0.2) is 9.97 Å². The maximum atomic E-state index is 13.5. The van der Waals surface area contributed by atoms with Gasteiger partial charge in [-0.2, -0.15) is 5.26 Å². The predicted molar refractivity (Wildman–Crippen MR) is 61.4 cm³/mol. The summed E-state index contributed by atoms with van der Waals surface area (Å²) in [5.41, 5.74) is -0.174. The van der Waals surface area contributed by atoms with Crippen LogP contribution in [0.3, 0.4) is 0 Å². The van der Waals surface area contributed by atoms with Crippen molar-refractivity contribution in [3.05, 3.63) is 46.9 Å². The number of nitriles is 1. The maximum absolute atomic E-state index is 13.5. The largest absolute Gasteiger partial charge is 0.334 e. The molecule has 0 spiro atoms. The minimum atomic E-state index is -0.880. The van der Waals surface area contributed by atoms with E-state index >= 15 is 0 Å². The summed E-state index contributed by atoms with van der Waals surface area (Å²) in [6.07, 6.45) is 2.66. The predicted octanol–water partition coefficient (Wildman–Crippen LogP) is 3.02. The fourth-order valence-electron chi connectivity index (χ4n) is 1.29. The van der Waals surface area contributed by atoms with Crippen molar-refractivity contribution < 1.29 is 8.78 Å². The Labute approximate surface area is 106 Å². The summed E-state index contributed by atoms with van der Waals surface area (Å²) in [5, 5.41) is 11.2. The van der Waals surface area contributed by atoms with Crippen molar-refractivity contribution in [1.29, 1.82) is 5.26 Å². The number of hydrogen-bond donors (Lipinski definition) is 1. The summed E-state index contributed by atoms with van der Waals surface area (Å²) >= 11 is 5.71. The Bertz CT molecular complexity index is 616. The lowest BCUT2D eigenvalue weighted by Crippen LogP contribution is -2.01. The van der Waals surface area contributed by atoms with Crippen molar-refractivity contribution in [2.24, 2.45) is 0 Å². The number of nitrogens with one attached hydrogen (secondary N) is 1. The van der Waals surface area contributed by atoms with E-state index in [1.165, 1.54) is 12.4 Å². The maximum Gasteiger partial charge on any atom is 0.183 e. The van der Waals surface area contributed by atoms with Gasteiger partial charge in [-0.05, 0) is 6.07 Å². The fraction of sp³-hybridized carbons (Fsp3) is 0. The van der Waals surface area contributed by atoms with E-state index in [1.54, 1.807) is 6.07 Å². The Morgan fingerprint density at radius 2 is 1.94 bits per heavy atom. The Morgan fingerprint density at radius 1 is 1.22 bits per heavy atom. The summed E-state index contributed by atoms with van der Waals surface area (Å²) in [7, 11) is 0. The molecule has 7 heteroatoms. The van der Waals surface area contributed by atoms with Crippen LogP contribution in [0.5, 0.6) is 0 Å². The topological polar surface area (TPSA) is 61.6 Å². The minimum Gasteiger partial charge on any atom is -0.334 e. The van der Waals surface area contributed by atoms with Gasteiger partial charge in [0.1, 0.15) is 11.9 Å². The number of aromatic nitrogens is 2. The van der Waals surface area contributed by atoms with Gasteiger partial charge in [0.05, 0.1) is 10.7 Å². The van der Waals surface area contributed by atoms with Crippen LogP contribution in [-0.2, 0) is 0 Å². The second kappa shape index (κ2) is 4.94. The van der Waals surface area contributed by atoms with Gasteiger partial charge in [-0.3, -0.25) is 0 Å². The molecular weight excluding hydrogens is 262 g/mol. The van der Waals surface area contributed by atoms with Crippen LogP contribution < -0.4 is 5.32 Å². The van der Waals surface area contributed by atoms with E-state index in [0.29, 0.717) is 6.07 Å². The summed E-state index contributed by atoms with van der Waals surface area (Å²) in [5.74, 6) is -1.62. The van der Waals surface area contributed by atoms with E-state index in [-0.39, 0.29) is 22.2 Å². The Balaban J connectivity index is 2.44. The number of hydrogen-bond acceptors (Lipinski definition) is 4. The van der Waals surface area contributed by atoms with Crippen molar-refractivity contribution in [2.45, 2.75) is 0 Å². The molecule has 0 aliphatic carbocycles.